The van der Waals surface area contributed by atoms with Crippen LogP contribution in [0, 0.1) is 18.3 Å². The van der Waals surface area contributed by atoms with Crippen molar-refractivity contribution >= 4 is 0 Å². The smallest absolute Gasteiger partial charge is 0.0426 e. The third kappa shape index (κ3) is 4.55. The maximum atomic E-state index is 6.46. The highest BCUT2D eigenvalue weighted by molar-refractivity contribution is 5.28. The Morgan fingerprint density at radius 1 is 1.19 bits per heavy atom. The van der Waals surface area contributed by atoms with Crippen molar-refractivity contribution in [2.45, 2.75) is 53.0 Å². The van der Waals surface area contributed by atoms with E-state index in [1.165, 1.54) is 43.5 Å². The molecule has 0 radical (unpaired) electrons. The molecule has 0 saturated carbocycles. The van der Waals surface area contributed by atoms with Crippen molar-refractivity contribution in [2.24, 2.45) is 17.1 Å². The summed E-state index contributed by atoms with van der Waals surface area (Å²) in [6.45, 7) is 12.7. The molecule has 1 aromatic rings. The predicted octanol–water partition coefficient (Wildman–Crippen LogP) is 4.14. The highest BCUT2D eigenvalue weighted by atomic mass is 15.1. The number of hydrogen-bond acceptors (Lipinski definition) is 2. The molecule has 1 fully saturated rings. The number of nitrogens with zero attached hydrogens (tertiary/aromatic N) is 1. The third-order valence-electron chi connectivity index (χ3n) is 5.09. The summed E-state index contributed by atoms with van der Waals surface area (Å²) >= 11 is 0. The number of rotatable bonds is 3. The second-order valence-electron chi connectivity index (χ2n) is 7.76. The van der Waals surface area contributed by atoms with E-state index in [0.717, 1.165) is 12.5 Å². The first-order chi connectivity index (χ1) is 9.88. The maximum Gasteiger partial charge on any atom is 0.0426 e. The zero-order chi connectivity index (χ0) is 15.5. The fraction of sp³-hybridized carbons (Fsp3) is 0.684. The standard InChI is InChI=1S/C19H32N2/c1-15-8-5-6-10-17(15)18(20)14-21-12-7-9-16(11-13-21)19(2,3)4/h5-6,8,10,16,18H,7,9,11-14,20H2,1-4H3. The van der Waals surface area contributed by atoms with Crippen molar-refractivity contribution < 1.29 is 0 Å². The molecule has 0 bridgehead atoms. The molecule has 2 nitrogen and oxygen atoms in total. The van der Waals surface area contributed by atoms with Gasteiger partial charge in [-0.1, -0.05) is 45.0 Å². The molecule has 0 aliphatic carbocycles. The molecular weight excluding hydrogens is 256 g/mol. The van der Waals surface area contributed by atoms with Crippen molar-refractivity contribution in [1.82, 2.24) is 4.90 Å². The van der Waals surface area contributed by atoms with Crippen LogP contribution in [0.3, 0.4) is 0 Å². The zero-order valence-corrected chi connectivity index (χ0v) is 14.2. The van der Waals surface area contributed by atoms with Crippen LogP contribution in [0.2, 0.25) is 0 Å². The molecular formula is C19H32N2. The summed E-state index contributed by atoms with van der Waals surface area (Å²) in [5.41, 5.74) is 9.51. The first-order valence-electron chi connectivity index (χ1n) is 8.41. The summed E-state index contributed by atoms with van der Waals surface area (Å²) in [7, 11) is 0. The maximum absolute atomic E-state index is 6.46. The minimum atomic E-state index is 0.136. The Morgan fingerprint density at radius 3 is 2.57 bits per heavy atom. The predicted molar refractivity (Wildman–Crippen MR) is 91.3 cm³/mol. The van der Waals surface area contributed by atoms with Gasteiger partial charge in [0, 0.05) is 12.6 Å². The normalized spacial score (nSPS) is 22.8. The minimum absolute atomic E-state index is 0.136. The molecule has 118 valence electrons. The highest BCUT2D eigenvalue weighted by Gasteiger charge is 2.27. The van der Waals surface area contributed by atoms with Gasteiger partial charge < -0.3 is 10.6 Å². The second-order valence-corrected chi connectivity index (χ2v) is 7.76. The van der Waals surface area contributed by atoms with Gasteiger partial charge in [-0.3, -0.25) is 0 Å². The van der Waals surface area contributed by atoms with Gasteiger partial charge in [0.25, 0.3) is 0 Å². The summed E-state index contributed by atoms with van der Waals surface area (Å²) in [5, 5.41) is 0. The van der Waals surface area contributed by atoms with E-state index in [2.05, 4.69) is 56.9 Å². The Kier molecular flexibility index (Phi) is 5.45. The zero-order valence-electron chi connectivity index (χ0n) is 14.2. The van der Waals surface area contributed by atoms with Gasteiger partial charge in [0.2, 0.25) is 0 Å². The van der Waals surface area contributed by atoms with Crippen LogP contribution in [0.4, 0.5) is 0 Å². The fourth-order valence-electron chi connectivity index (χ4n) is 3.58. The Bertz CT molecular complexity index is 447. The summed E-state index contributed by atoms with van der Waals surface area (Å²) in [6.07, 6.45) is 3.98. The molecule has 0 aromatic heterocycles. The second kappa shape index (κ2) is 6.93. The van der Waals surface area contributed by atoms with Crippen molar-refractivity contribution in [3.05, 3.63) is 35.4 Å². The molecule has 2 unspecified atom stereocenters. The van der Waals surface area contributed by atoms with Crippen molar-refractivity contribution in [2.75, 3.05) is 19.6 Å². The van der Waals surface area contributed by atoms with Gasteiger partial charge in [-0.25, -0.2) is 0 Å². The van der Waals surface area contributed by atoms with Gasteiger partial charge in [-0.2, -0.15) is 0 Å². The number of aryl methyl sites for hydroxylation is 1. The molecule has 21 heavy (non-hydrogen) atoms. The van der Waals surface area contributed by atoms with Gasteiger partial charge in [0.15, 0.2) is 0 Å². The van der Waals surface area contributed by atoms with E-state index in [4.69, 9.17) is 5.73 Å². The molecule has 1 heterocycles. The van der Waals surface area contributed by atoms with Gasteiger partial charge in [0.1, 0.15) is 0 Å². The van der Waals surface area contributed by atoms with Crippen molar-refractivity contribution in [3.63, 3.8) is 0 Å². The Labute approximate surface area is 130 Å². The summed E-state index contributed by atoms with van der Waals surface area (Å²) in [6, 6.07) is 8.66. The SMILES string of the molecule is Cc1ccccc1C(N)CN1CCCC(C(C)(C)C)CC1. The van der Waals surface area contributed by atoms with Crippen LogP contribution in [0.25, 0.3) is 0 Å². The molecule has 2 heteroatoms. The first-order valence-corrected chi connectivity index (χ1v) is 8.41. The van der Waals surface area contributed by atoms with E-state index in [1.54, 1.807) is 0 Å². The number of nitrogens with two attached hydrogens (primary N) is 1. The number of benzene rings is 1. The van der Waals surface area contributed by atoms with Crippen LogP contribution in [0.5, 0.6) is 0 Å². The van der Waals surface area contributed by atoms with Crippen LogP contribution in [-0.4, -0.2) is 24.5 Å². The molecule has 1 aliphatic heterocycles. The van der Waals surface area contributed by atoms with E-state index >= 15 is 0 Å². The summed E-state index contributed by atoms with van der Waals surface area (Å²) < 4.78 is 0. The minimum Gasteiger partial charge on any atom is -0.323 e. The number of hydrogen-bond donors (Lipinski definition) is 1. The van der Waals surface area contributed by atoms with Crippen LogP contribution >= 0.6 is 0 Å². The lowest BCUT2D eigenvalue weighted by molar-refractivity contribution is 0.205. The van der Waals surface area contributed by atoms with Crippen LogP contribution in [0.1, 0.15) is 57.2 Å². The molecule has 1 aliphatic rings. The van der Waals surface area contributed by atoms with Gasteiger partial charge in [-0.05, 0) is 61.7 Å². The average Bonchev–Trinajstić information content (AvgIpc) is 2.64. The average molecular weight is 288 g/mol. The molecule has 0 spiro atoms. The van der Waals surface area contributed by atoms with Gasteiger partial charge >= 0.3 is 0 Å². The molecule has 2 N–H and O–H groups in total. The molecule has 1 saturated heterocycles. The molecule has 0 amide bonds. The molecule has 2 rings (SSSR count). The lowest BCUT2D eigenvalue weighted by Crippen LogP contribution is -2.33. The van der Waals surface area contributed by atoms with Gasteiger partial charge in [-0.15, -0.1) is 0 Å². The van der Waals surface area contributed by atoms with E-state index in [9.17, 15) is 0 Å². The van der Waals surface area contributed by atoms with Crippen LogP contribution in [-0.2, 0) is 0 Å². The topological polar surface area (TPSA) is 29.3 Å². The largest absolute Gasteiger partial charge is 0.323 e. The van der Waals surface area contributed by atoms with E-state index in [0.29, 0.717) is 5.41 Å². The lowest BCUT2D eigenvalue weighted by atomic mass is 9.77. The Balaban J connectivity index is 1.93. The Hall–Kier alpha value is -0.860. The summed E-state index contributed by atoms with van der Waals surface area (Å²) in [5.74, 6) is 0.845. The summed E-state index contributed by atoms with van der Waals surface area (Å²) in [4.78, 5) is 2.57. The van der Waals surface area contributed by atoms with Gasteiger partial charge in [0.05, 0.1) is 0 Å². The van der Waals surface area contributed by atoms with E-state index in [-0.39, 0.29) is 6.04 Å². The quantitative estimate of drug-likeness (QED) is 0.905. The lowest BCUT2D eigenvalue weighted by Gasteiger charge is -2.30. The monoisotopic (exact) mass is 288 g/mol. The van der Waals surface area contributed by atoms with Crippen LogP contribution < -0.4 is 5.73 Å². The number of likely N-dealkylation sites (tertiary alicyclic amines) is 1. The Morgan fingerprint density at radius 2 is 1.90 bits per heavy atom. The van der Waals surface area contributed by atoms with Crippen molar-refractivity contribution in [3.8, 4) is 0 Å². The van der Waals surface area contributed by atoms with E-state index in [1.807, 2.05) is 0 Å². The first kappa shape index (κ1) is 16.5. The van der Waals surface area contributed by atoms with Crippen LogP contribution in [0.15, 0.2) is 24.3 Å². The molecule has 1 aromatic carbocycles. The third-order valence-corrected chi connectivity index (χ3v) is 5.09. The van der Waals surface area contributed by atoms with E-state index < -0.39 is 0 Å². The highest BCUT2D eigenvalue weighted by Crippen LogP contribution is 2.34. The van der Waals surface area contributed by atoms with Crippen molar-refractivity contribution in [1.29, 1.82) is 0 Å². The molecule has 2 atom stereocenters. The fourth-order valence-corrected chi connectivity index (χ4v) is 3.58.